The van der Waals surface area contributed by atoms with Gasteiger partial charge in [0.25, 0.3) is 0 Å². The minimum absolute atomic E-state index is 0.313. The van der Waals surface area contributed by atoms with Crippen molar-refractivity contribution in [3.05, 3.63) is 36.2 Å². The third kappa shape index (κ3) is 4.55. The van der Waals surface area contributed by atoms with Gasteiger partial charge in [-0.1, -0.05) is 18.2 Å². The Morgan fingerprint density at radius 1 is 1.22 bits per heavy atom. The van der Waals surface area contributed by atoms with Crippen LogP contribution in [-0.2, 0) is 16.9 Å². The molecule has 1 aromatic heterocycles. The second-order valence-corrected chi connectivity index (χ2v) is 10.5. The molecule has 27 heavy (non-hydrogen) atoms. The van der Waals surface area contributed by atoms with E-state index in [-0.39, 0.29) is 0 Å². The van der Waals surface area contributed by atoms with Crippen molar-refractivity contribution in [2.45, 2.75) is 55.1 Å². The molecule has 0 saturated carbocycles. The molecule has 1 atom stereocenters. The summed E-state index contributed by atoms with van der Waals surface area (Å²) in [4.78, 5) is 4.31. The summed E-state index contributed by atoms with van der Waals surface area (Å²) < 4.78 is 25.1. The molecule has 0 amide bonds. The van der Waals surface area contributed by atoms with Crippen molar-refractivity contribution in [2.24, 2.45) is 7.05 Å². The molecule has 1 aliphatic heterocycles. The summed E-state index contributed by atoms with van der Waals surface area (Å²) in [5.74, 6) is 1.13. The molecule has 1 aromatic carbocycles. The van der Waals surface area contributed by atoms with Crippen LogP contribution in [0.1, 0.15) is 51.3 Å². The van der Waals surface area contributed by atoms with E-state index in [0.29, 0.717) is 17.2 Å². The fraction of sp³-hybridized carbons (Fsp3) is 0.632. The highest BCUT2D eigenvalue weighted by Gasteiger charge is 2.35. The highest BCUT2D eigenvalue weighted by atomic mass is 32.2. The number of nitrogens with zero attached hydrogens (tertiary/aromatic N) is 5. The predicted molar refractivity (Wildman–Crippen MR) is 104 cm³/mol. The normalized spacial score (nSPS) is 19.3. The van der Waals surface area contributed by atoms with Crippen molar-refractivity contribution in [3.63, 3.8) is 0 Å². The summed E-state index contributed by atoms with van der Waals surface area (Å²) in [6.45, 7) is 6.51. The third-order valence-electron chi connectivity index (χ3n) is 5.43. The summed E-state index contributed by atoms with van der Waals surface area (Å²) in [6, 6.07) is 8.75. The highest BCUT2D eigenvalue weighted by molar-refractivity contribution is 7.92. The molecule has 1 aliphatic rings. The number of aromatic nitrogens is 4. The fourth-order valence-corrected chi connectivity index (χ4v) is 5.28. The van der Waals surface area contributed by atoms with E-state index in [1.165, 1.54) is 4.80 Å². The van der Waals surface area contributed by atoms with Gasteiger partial charge in [0, 0.05) is 12.5 Å². The summed E-state index contributed by atoms with van der Waals surface area (Å²) in [5.41, 5.74) is 0. The average molecular weight is 392 g/mol. The van der Waals surface area contributed by atoms with Crippen molar-refractivity contribution < 1.29 is 8.42 Å². The molecule has 1 unspecified atom stereocenters. The number of likely N-dealkylation sites (tertiary alicyclic amines) is 1. The Balaban J connectivity index is 1.55. The smallest absolute Gasteiger partial charge is 0.183 e. The van der Waals surface area contributed by atoms with Crippen molar-refractivity contribution in [3.8, 4) is 0 Å². The van der Waals surface area contributed by atoms with Crippen LogP contribution in [0, 0.1) is 0 Å². The quantitative estimate of drug-likeness (QED) is 0.721. The Labute approximate surface area is 161 Å². The number of sulfone groups is 1. The Morgan fingerprint density at radius 2 is 1.96 bits per heavy atom. The number of aryl methyl sites for hydroxylation is 1. The molecule has 0 spiro atoms. The summed E-state index contributed by atoms with van der Waals surface area (Å²) in [7, 11) is -1.56. The van der Waals surface area contributed by atoms with Crippen LogP contribution in [0.15, 0.2) is 35.2 Å². The Morgan fingerprint density at radius 3 is 2.63 bits per heavy atom. The molecule has 0 N–H and O–H groups in total. The highest BCUT2D eigenvalue weighted by Crippen LogP contribution is 2.30. The lowest BCUT2D eigenvalue weighted by Crippen LogP contribution is -2.37. The van der Waals surface area contributed by atoms with Gasteiger partial charge in [-0.25, -0.2) is 8.42 Å². The van der Waals surface area contributed by atoms with Crippen molar-refractivity contribution in [1.82, 2.24) is 25.1 Å². The molecule has 0 radical (unpaired) electrons. The van der Waals surface area contributed by atoms with E-state index in [4.69, 9.17) is 0 Å². The van der Waals surface area contributed by atoms with Crippen molar-refractivity contribution >= 4 is 9.84 Å². The van der Waals surface area contributed by atoms with Gasteiger partial charge in [-0.2, -0.15) is 4.80 Å². The van der Waals surface area contributed by atoms with Crippen LogP contribution in [0.2, 0.25) is 0 Å². The van der Waals surface area contributed by atoms with E-state index in [0.717, 1.165) is 44.7 Å². The van der Waals surface area contributed by atoms with Gasteiger partial charge in [0.2, 0.25) is 0 Å². The van der Waals surface area contributed by atoms with Gasteiger partial charge in [0.1, 0.15) is 0 Å². The summed E-state index contributed by atoms with van der Waals surface area (Å²) in [6.07, 6.45) is 3.67. The SMILES string of the molecule is Cn1nnc(C2CCCN(CCCC(C)(C)S(=O)(=O)c3ccccc3)C2)n1. The second-order valence-electron chi connectivity index (χ2n) is 7.96. The first-order valence-electron chi connectivity index (χ1n) is 9.55. The van der Waals surface area contributed by atoms with Crippen LogP contribution in [0.4, 0.5) is 0 Å². The maximum absolute atomic E-state index is 12.9. The largest absolute Gasteiger partial charge is 0.303 e. The zero-order chi connectivity index (χ0) is 19.5. The molecular weight excluding hydrogens is 362 g/mol. The lowest BCUT2D eigenvalue weighted by atomic mass is 9.97. The predicted octanol–water partition coefficient (Wildman–Crippen LogP) is 2.42. The molecule has 7 nitrogen and oxygen atoms in total. The fourth-order valence-electron chi connectivity index (χ4n) is 3.71. The Hall–Kier alpha value is -1.80. The molecule has 2 aromatic rings. The van der Waals surface area contributed by atoms with Crippen molar-refractivity contribution in [2.75, 3.05) is 19.6 Å². The van der Waals surface area contributed by atoms with Gasteiger partial charge >= 0.3 is 0 Å². The van der Waals surface area contributed by atoms with E-state index in [9.17, 15) is 8.42 Å². The third-order valence-corrected chi connectivity index (χ3v) is 7.98. The van der Waals surface area contributed by atoms with E-state index in [2.05, 4.69) is 20.3 Å². The molecule has 1 fully saturated rings. The standard InChI is InChI=1S/C19H29N5O2S/c1-19(2,27(25,26)17-10-5-4-6-11-17)12-8-14-24-13-7-9-16(15-24)18-20-22-23(3)21-18/h4-6,10-11,16H,7-9,12-15H2,1-3H3. The maximum atomic E-state index is 12.9. The topological polar surface area (TPSA) is 81.0 Å². The monoisotopic (exact) mass is 391 g/mol. The number of hydrogen-bond acceptors (Lipinski definition) is 6. The van der Waals surface area contributed by atoms with Crippen LogP contribution >= 0.6 is 0 Å². The molecule has 0 aliphatic carbocycles. The van der Waals surface area contributed by atoms with Gasteiger partial charge < -0.3 is 4.90 Å². The summed E-state index contributed by atoms with van der Waals surface area (Å²) in [5, 5.41) is 12.4. The number of hydrogen-bond donors (Lipinski definition) is 0. The maximum Gasteiger partial charge on any atom is 0.183 e. The minimum Gasteiger partial charge on any atom is -0.303 e. The Bertz CT molecular complexity index is 848. The lowest BCUT2D eigenvalue weighted by molar-refractivity contribution is 0.199. The van der Waals surface area contributed by atoms with Crippen molar-refractivity contribution in [1.29, 1.82) is 0 Å². The van der Waals surface area contributed by atoms with Crippen LogP contribution in [0.5, 0.6) is 0 Å². The Kier molecular flexibility index (Phi) is 5.95. The van der Waals surface area contributed by atoms with Gasteiger partial charge in [-0.15, -0.1) is 10.2 Å². The molecule has 8 heteroatoms. The zero-order valence-corrected chi connectivity index (χ0v) is 17.2. The van der Waals surface area contributed by atoms with Crippen LogP contribution in [0.3, 0.4) is 0 Å². The number of piperidine rings is 1. The molecule has 2 heterocycles. The lowest BCUT2D eigenvalue weighted by Gasteiger charge is -2.32. The molecule has 3 rings (SSSR count). The second kappa shape index (κ2) is 8.06. The van der Waals surface area contributed by atoms with Gasteiger partial charge in [-0.3, -0.25) is 0 Å². The number of benzene rings is 1. The summed E-state index contributed by atoms with van der Waals surface area (Å²) >= 11 is 0. The molecular formula is C19H29N5O2S. The van der Waals surface area contributed by atoms with Gasteiger partial charge in [0.15, 0.2) is 15.7 Å². The minimum atomic E-state index is -3.34. The van der Waals surface area contributed by atoms with Gasteiger partial charge in [0.05, 0.1) is 16.7 Å². The number of tetrazole rings is 1. The zero-order valence-electron chi connectivity index (χ0n) is 16.4. The van der Waals surface area contributed by atoms with Crippen LogP contribution in [0.25, 0.3) is 0 Å². The molecule has 1 saturated heterocycles. The van der Waals surface area contributed by atoms with Crippen LogP contribution in [-0.4, -0.2) is 57.9 Å². The van der Waals surface area contributed by atoms with E-state index in [1.807, 2.05) is 19.9 Å². The van der Waals surface area contributed by atoms with E-state index >= 15 is 0 Å². The first-order chi connectivity index (χ1) is 12.8. The molecule has 0 bridgehead atoms. The van der Waals surface area contributed by atoms with Gasteiger partial charge in [-0.05, 0) is 70.0 Å². The first-order valence-corrected chi connectivity index (χ1v) is 11.0. The van der Waals surface area contributed by atoms with E-state index in [1.54, 1.807) is 31.3 Å². The first kappa shape index (κ1) is 19.9. The van der Waals surface area contributed by atoms with Crippen LogP contribution < -0.4 is 0 Å². The average Bonchev–Trinajstić information content (AvgIpc) is 3.09. The number of rotatable bonds is 7. The molecule has 148 valence electrons. The van der Waals surface area contributed by atoms with E-state index < -0.39 is 14.6 Å².